The van der Waals surface area contributed by atoms with Gasteiger partial charge in [0.1, 0.15) is 0 Å². The predicted molar refractivity (Wildman–Crippen MR) is 70.8 cm³/mol. The number of nitrogens with one attached hydrogen (secondary N) is 1. The van der Waals surface area contributed by atoms with Gasteiger partial charge in [0.05, 0.1) is 12.3 Å². The summed E-state index contributed by atoms with van der Waals surface area (Å²) in [4.78, 5) is 0. The van der Waals surface area contributed by atoms with Gasteiger partial charge in [-0.25, -0.2) is 13.2 Å². The molecule has 106 valence electrons. The zero-order valence-corrected chi connectivity index (χ0v) is 10.9. The third kappa shape index (κ3) is 3.30. The molecule has 20 heavy (non-hydrogen) atoms. The fraction of sp³-hybridized carbons (Fsp3) is 0.200. The zero-order valence-electron chi connectivity index (χ0n) is 10.9. The highest BCUT2D eigenvalue weighted by Gasteiger charge is 2.12. The van der Waals surface area contributed by atoms with Crippen molar-refractivity contribution in [3.05, 3.63) is 65.0 Å². The van der Waals surface area contributed by atoms with Gasteiger partial charge in [-0.1, -0.05) is 24.3 Å². The number of hydrogen-bond donors (Lipinski definition) is 1. The van der Waals surface area contributed by atoms with Crippen molar-refractivity contribution in [2.45, 2.75) is 13.2 Å². The van der Waals surface area contributed by atoms with E-state index in [1.807, 2.05) is 24.3 Å². The number of halogens is 3. The molecule has 0 aliphatic heterocycles. The van der Waals surface area contributed by atoms with Crippen LogP contribution < -0.4 is 5.32 Å². The fourth-order valence-corrected chi connectivity index (χ4v) is 1.86. The molecule has 0 fully saturated rings. The van der Waals surface area contributed by atoms with E-state index in [1.165, 1.54) is 6.07 Å². The van der Waals surface area contributed by atoms with Gasteiger partial charge in [0.2, 0.25) is 0 Å². The average molecular weight is 281 g/mol. The Labute approximate surface area is 115 Å². The summed E-state index contributed by atoms with van der Waals surface area (Å²) in [6.45, 7) is 0.785. The normalized spacial score (nSPS) is 10.6. The first-order chi connectivity index (χ1) is 9.61. The van der Waals surface area contributed by atoms with Crippen LogP contribution in [-0.2, 0) is 17.9 Å². The van der Waals surface area contributed by atoms with Crippen molar-refractivity contribution in [3.8, 4) is 0 Å². The van der Waals surface area contributed by atoms with E-state index in [4.69, 9.17) is 4.74 Å². The molecule has 2 aromatic rings. The Kier molecular flexibility index (Phi) is 4.63. The van der Waals surface area contributed by atoms with Gasteiger partial charge >= 0.3 is 0 Å². The van der Waals surface area contributed by atoms with E-state index in [-0.39, 0.29) is 5.69 Å². The third-order valence-corrected chi connectivity index (χ3v) is 2.82. The standard InChI is InChI=1S/C15H14F3NO/c1-20-9-11-4-2-3-10(7-11)8-19-13-6-5-12(16)14(17)15(13)18/h2-7,19H,8-9H2,1H3. The molecule has 0 bridgehead atoms. The van der Waals surface area contributed by atoms with Crippen LogP contribution in [0.2, 0.25) is 0 Å². The summed E-state index contributed by atoms with van der Waals surface area (Å²) in [6.07, 6.45) is 0. The molecule has 0 unspecified atom stereocenters. The molecular weight excluding hydrogens is 267 g/mol. The number of hydrogen-bond acceptors (Lipinski definition) is 2. The van der Waals surface area contributed by atoms with E-state index >= 15 is 0 Å². The molecule has 0 heterocycles. The van der Waals surface area contributed by atoms with Gasteiger partial charge in [-0.3, -0.25) is 0 Å². The average Bonchev–Trinajstić information content (AvgIpc) is 2.45. The van der Waals surface area contributed by atoms with Crippen LogP contribution in [0.1, 0.15) is 11.1 Å². The van der Waals surface area contributed by atoms with Crippen molar-refractivity contribution < 1.29 is 17.9 Å². The summed E-state index contributed by atoms with van der Waals surface area (Å²) in [6, 6.07) is 9.57. The molecule has 0 amide bonds. The van der Waals surface area contributed by atoms with Crippen molar-refractivity contribution in [1.82, 2.24) is 0 Å². The quantitative estimate of drug-likeness (QED) is 0.840. The molecule has 0 radical (unpaired) electrons. The van der Waals surface area contributed by atoms with Crippen LogP contribution >= 0.6 is 0 Å². The molecular formula is C15H14F3NO. The van der Waals surface area contributed by atoms with Crippen LogP contribution in [0.5, 0.6) is 0 Å². The van der Waals surface area contributed by atoms with Gasteiger partial charge in [0.25, 0.3) is 0 Å². The Bertz CT molecular complexity index is 602. The molecule has 0 aliphatic rings. The maximum Gasteiger partial charge on any atom is 0.196 e. The summed E-state index contributed by atoms with van der Waals surface area (Å²) in [5, 5.41) is 2.74. The van der Waals surface area contributed by atoms with Gasteiger partial charge in [0.15, 0.2) is 17.5 Å². The maximum absolute atomic E-state index is 13.5. The lowest BCUT2D eigenvalue weighted by atomic mass is 10.1. The lowest BCUT2D eigenvalue weighted by Gasteiger charge is -2.09. The van der Waals surface area contributed by atoms with E-state index in [1.54, 1.807) is 7.11 Å². The second-order valence-corrected chi connectivity index (χ2v) is 4.33. The molecule has 0 saturated carbocycles. The summed E-state index contributed by atoms with van der Waals surface area (Å²) in [7, 11) is 1.60. The number of anilines is 1. The molecule has 1 N–H and O–H groups in total. The fourth-order valence-electron chi connectivity index (χ4n) is 1.86. The number of methoxy groups -OCH3 is 1. The monoisotopic (exact) mass is 281 g/mol. The first-order valence-corrected chi connectivity index (χ1v) is 6.06. The number of benzene rings is 2. The van der Waals surface area contributed by atoms with E-state index in [9.17, 15) is 13.2 Å². The Balaban J connectivity index is 2.09. The number of ether oxygens (including phenoxy) is 1. The second kappa shape index (κ2) is 6.43. The van der Waals surface area contributed by atoms with Crippen LogP contribution in [0.15, 0.2) is 36.4 Å². The first kappa shape index (κ1) is 14.4. The maximum atomic E-state index is 13.5. The molecule has 0 spiro atoms. The Morgan fingerprint density at radius 3 is 2.50 bits per heavy atom. The molecule has 2 rings (SSSR count). The van der Waals surface area contributed by atoms with Crippen molar-refractivity contribution in [2.75, 3.05) is 12.4 Å². The highest BCUT2D eigenvalue weighted by molar-refractivity contribution is 5.46. The summed E-state index contributed by atoms with van der Waals surface area (Å²) in [5.41, 5.74) is 1.81. The van der Waals surface area contributed by atoms with Crippen molar-refractivity contribution in [1.29, 1.82) is 0 Å². The summed E-state index contributed by atoms with van der Waals surface area (Å²) < 4.78 is 44.4. The molecule has 0 saturated heterocycles. The Morgan fingerprint density at radius 2 is 1.75 bits per heavy atom. The minimum Gasteiger partial charge on any atom is -0.380 e. The zero-order chi connectivity index (χ0) is 14.5. The van der Waals surface area contributed by atoms with Gasteiger partial charge in [-0.05, 0) is 23.3 Å². The molecule has 0 aliphatic carbocycles. The van der Waals surface area contributed by atoms with Crippen molar-refractivity contribution in [2.24, 2.45) is 0 Å². The first-order valence-electron chi connectivity index (χ1n) is 6.06. The highest BCUT2D eigenvalue weighted by atomic mass is 19.2. The van der Waals surface area contributed by atoms with Crippen LogP contribution in [0, 0.1) is 17.5 Å². The minimum absolute atomic E-state index is 0.0685. The van der Waals surface area contributed by atoms with Crippen LogP contribution in [-0.4, -0.2) is 7.11 Å². The third-order valence-electron chi connectivity index (χ3n) is 2.82. The van der Waals surface area contributed by atoms with Gasteiger partial charge < -0.3 is 10.1 Å². The number of rotatable bonds is 5. The van der Waals surface area contributed by atoms with Crippen LogP contribution in [0.3, 0.4) is 0 Å². The SMILES string of the molecule is COCc1cccc(CNc2ccc(F)c(F)c2F)c1. The van der Waals surface area contributed by atoms with Gasteiger partial charge in [-0.2, -0.15) is 0 Å². The lowest BCUT2D eigenvalue weighted by Crippen LogP contribution is -2.04. The highest BCUT2D eigenvalue weighted by Crippen LogP contribution is 2.20. The minimum atomic E-state index is -1.47. The Morgan fingerprint density at radius 1 is 1.00 bits per heavy atom. The molecule has 5 heteroatoms. The second-order valence-electron chi connectivity index (χ2n) is 4.33. The van der Waals surface area contributed by atoms with Gasteiger partial charge in [-0.15, -0.1) is 0 Å². The van der Waals surface area contributed by atoms with E-state index in [0.717, 1.165) is 17.2 Å². The van der Waals surface area contributed by atoms with E-state index < -0.39 is 17.5 Å². The topological polar surface area (TPSA) is 21.3 Å². The van der Waals surface area contributed by atoms with Crippen molar-refractivity contribution in [3.63, 3.8) is 0 Å². The molecule has 0 atom stereocenters. The van der Waals surface area contributed by atoms with Crippen molar-refractivity contribution >= 4 is 5.69 Å². The molecule has 2 nitrogen and oxygen atoms in total. The van der Waals surface area contributed by atoms with Crippen LogP contribution in [0.4, 0.5) is 18.9 Å². The largest absolute Gasteiger partial charge is 0.380 e. The lowest BCUT2D eigenvalue weighted by molar-refractivity contribution is 0.185. The Hall–Kier alpha value is -2.01. The molecule has 0 aromatic heterocycles. The smallest absolute Gasteiger partial charge is 0.196 e. The summed E-state index contributed by atoms with van der Waals surface area (Å²) >= 11 is 0. The van der Waals surface area contributed by atoms with Gasteiger partial charge in [0, 0.05) is 13.7 Å². The predicted octanol–water partition coefficient (Wildman–Crippen LogP) is 3.86. The summed E-state index contributed by atoms with van der Waals surface area (Å²) in [5.74, 6) is -3.88. The van der Waals surface area contributed by atoms with E-state index in [0.29, 0.717) is 13.2 Å². The molecule has 2 aromatic carbocycles. The van der Waals surface area contributed by atoms with Crippen LogP contribution in [0.25, 0.3) is 0 Å². The van der Waals surface area contributed by atoms with E-state index in [2.05, 4.69) is 5.32 Å².